The number of rotatable bonds is 2. The van der Waals surface area contributed by atoms with Crippen LogP contribution in [0.5, 0.6) is 0 Å². The standard InChI is InChI=1S/C9H11FN2O2/c1-6-7(10)4-5-8(12(13)14)9(6)11(2)3/h4-5H,1-3H3. The van der Waals surface area contributed by atoms with Gasteiger partial charge in [-0.2, -0.15) is 0 Å². The largest absolute Gasteiger partial charge is 0.372 e. The molecule has 1 aromatic carbocycles. The number of nitrogens with zero attached hydrogens (tertiary/aromatic N) is 2. The lowest BCUT2D eigenvalue weighted by Gasteiger charge is -2.15. The van der Waals surface area contributed by atoms with Crippen LogP contribution in [0.3, 0.4) is 0 Å². The van der Waals surface area contributed by atoms with Gasteiger partial charge in [0, 0.05) is 25.7 Å². The smallest absolute Gasteiger partial charge is 0.292 e. The number of hydrogen-bond acceptors (Lipinski definition) is 3. The Morgan fingerprint density at radius 2 is 2.00 bits per heavy atom. The first kappa shape index (κ1) is 10.4. The number of hydrogen-bond donors (Lipinski definition) is 0. The molecule has 0 saturated carbocycles. The maximum Gasteiger partial charge on any atom is 0.292 e. The van der Waals surface area contributed by atoms with Gasteiger partial charge < -0.3 is 4.90 Å². The average molecular weight is 198 g/mol. The van der Waals surface area contributed by atoms with Gasteiger partial charge in [-0.1, -0.05) is 0 Å². The fourth-order valence-electron chi connectivity index (χ4n) is 1.37. The van der Waals surface area contributed by atoms with E-state index in [2.05, 4.69) is 0 Å². The molecule has 76 valence electrons. The van der Waals surface area contributed by atoms with Crippen LogP contribution in [0.25, 0.3) is 0 Å². The van der Waals surface area contributed by atoms with Gasteiger partial charge in [0.2, 0.25) is 0 Å². The third-order valence-electron chi connectivity index (χ3n) is 1.99. The van der Waals surface area contributed by atoms with Crippen LogP contribution in [-0.2, 0) is 0 Å². The molecule has 0 aliphatic heterocycles. The number of benzene rings is 1. The van der Waals surface area contributed by atoms with Gasteiger partial charge in [0.25, 0.3) is 5.69 Å². The van der Waals surface area contributed by atoms with Gasteiger partial charge in [-0.05, 0) is 13.0 Å². The topological polar surface area (TPSA) is 46.4 Å². The fourth-order valence-corrected chi connectivity index (χ4v) is 1.37. The Morgan fingerprint density at radius 3 is 2.43 bits per heavy atom. The Kier molecular flexibility index (Phi) is 2.69. The highest BCUT2D eigenvalue weighted by molar-refractivity contribution is 5.67. The van der Waals surface area contributed by atoms with Gasteiger partial charge in [0.1, 0.15) is 11.5 Å². The second-order valence-corrected chi connectivity index (χ2v) is 3.19. The Bertz CT molecular complexity index is 377. The summed E-state index contributed by atoms with van der Waals surface area (Å²) in [6.45, 7) is 1.53. The van der Waals surface area contributed by atoms with Crippen molar-refractivity contribution in [3.8, 4) is 0 Å². The van der Waals surface area contributed by atoms with Crippen LogP contribution in [0.1, 0.15) is 5.56 Å². The fraction of sp³-hybridized carbons (Fsp3) is 0.333. The molecule has 0 fully saturated rings. The summed E-state index contributed by atoms with van der Waals surface area (Å²) in [5, 5.41) is 10.6. The van der Waals surface area contributed by atoms with Gasteiger partial charge >= 0.3 is 0 Å². The molecule has 4 nitrogen and oxygen atoms in total. The molecule has 1 rings (SSSR count). The van der Waals surface area contributed by atoms with E-state index in [1.807, 2.05) is 0 Å². The van der Waals surface area contributed by atoms with E-state index in [0.29, 0.717) is 11.3 Å². The van der Waals surface area contributed by atoms with E-state index >= 15 is 0 Å². The van der Waals surface area contributed by atoms with Crippen molar-refractivity contribution in [1.29, 1.82) is 0 Å². The average Bonchev–Trinajstić information content (AvgIpc) is 2.08. The summed E-state index contributed by atoms with van der Waals surface area (Å²) in [7, 11) is 3.30. The Labute approximate surface area is 81.1 Å². The van der Waals surface area contributed by atoms with Crippen molar-refractivity contribution in [2.45, 2.75) is 6.92 Å². The highest BCUT2D eigenvalue weighted by atomic mass is 19.1. The summed E-state index contributed by atoms with van der Waals surface area (Å²) >= 11 is 0. The molecule has 0 aromatic heterocycles. The normalized spacial score (nSPS) is 10.0. The summed E-state index contributed by atoms with van der Waals surface area (Å²) < 4.78 is 13.1. The zero-order chi connectivity index (χ0) is 10.9. The maximum absolute atomic E-state index is 13.1. The second kappa shape index (κ2) is 3.61. The molecule has 5 heteroatoms. The van der Waals surface area contributed by atoms with Gasteiger partial charge in [-0.25, -0.2) is 4.39 Å². The molecular formula is C9H11FN2O2. The van der Waals surface area contributed by atoms with Crippen LogP contribution in [0.4, 0.5) is 15.8 Å². The van der Waals surface area contributed by atoms with Crippen LogP contribution in [0, 0.1) is 22.9 Å². The van der Waals surface area contributed by atoms with Gasteiger partial charge in [0.05, 0.1) is 4.92 Å². The minimum absolute atomic E-state index is 0.0751. The molecule has 0 radical (unpaired) electrons. The highest BCUT2D eigenvalue weighted by Crippen LogP contribution is 2.31. The molecule has 14 heavy (non-hydrogen) atoms. The predicted octanol–water partition coefficient (Wildman–Crippen LogP) is 2.11. The Balaban J connectivity index is 3.45. The second-order valence-electron chi connectivity index (χ2n) is 3.19. The van der Waals surface area contributed by atoms with E-state index in [1.165, 1.54) is 17.9 Å². The Morgan fingerprint density at radius 1 is 1.43 bits per heavy atom. The molecule has 0 atom stereocenters. The van der Waals surface area contributed by atoms with Crippen LogP contribution in [0.15, 0.2) is 12.1 Å². The number of halogens is 1. The van der Waals surface area contributed by atoms with Gasteiger partial charge in [0.15, 0.2) is 0 Å². The first-order valence-corrected chi connectivity index (χ1v) is 4.06. The lowest BCUT2D eigenvalue weighted by atomic mass is 10.1. The van der Waals surface area contributed by atoms with E-state index in [9.17, 15) is 14.5 Å². The third-order valence-corrected chi connectivity index (χ3v) is 1.99. The number of anilines is 1. The molecule has 0 aliphatic carbocycles. The molecule has 0 aliphatic rings. The SMILES string of the molecule is Cc1c(F)ccc([N+](=O)[O-])c1N(C)C. The van der Waals surface area contributed by atoms with Gasteiger partial charge in [-0.3, -0.25) is 10.1 Å². The van der Waals surface area contributed by atoms with Crippen LogP contribution >= 0.6 is 0 Å². The number of nitro benzene ring substituents is 1. The van der Waals surface area contributed by atoms with E-state index in [4.69, 9.17) is 0 Å². The maximum atomic E-state index is 13.1. The summed E-state index contributed by atoms with van der Waals surface area (Å²) in [5.41, 5.74) is 0.535. The van der Waals surface area contributed by atoms with Crippen LogP contribution in [-0.4, -0.2) is 19.0 Å². The van der Waals surface area contributed by atoms with Crippen molar-refractivity contribution in [2.24, 2.45) is 0 Å². The predicted molar refractivity (Wildman–Crippen MR) is 52.1 cm³/mol. The van der Waals surface area contributed by atoms with Crippen LogP contribution in [0.2, 0.25) is 0 Å². The summed E-state index contributed by atoms with van der Waals surface area (Å²) in [6.07, 6.45) is 0. The number of nitro groups is 1. The summed E-state index contributed by atoms with van der Waals surface area (Å²) in [5.74, 6) is -0.431. The van der Waals surface area contributed by atoms with Crippen molar-refractivity contribution < 1.29 is 9.31 Å². The lowest BCUT2D eigenvalue weighted by Crippen LogP contribution is -2.13. The Hall–Kier alpha value is -1.65. The van der Waals surface area contributed by atoms with E-state index in [-0.39, 0.29) is 5.69 Å². The highest BCUT2D eigenvalue weighted by Gasteiger charge is 2.19. The van der Waals surface area contributed by atoms with Crippen molar-refractivity contribution >= 4 is 11.4 Å². The quantitative estimate of drug-likeness (QED) is 0.540. The molecular weight excluding hydrogens is 187 g/mol. The summed E-state index contributed by atoms with van der Waals surface area (Å²) in [4.78, 5) is 11.7. The minimum atomic E-state index is -0.512. The molecule has 1 aromatic rings. The van der Waals surface area contributed by atoms with Crippen molar-refractivity contribution in [3.63, 3.8) is 0 Å². The zero-order valence-electron chi connectivity index (χ0n) is 8.24. The monoisotopic (exact) mass is 198 g/mol. The van der Waals surface area contributed by atoms with E-state index < -0.39 is 10.7 Å². The molecule has 0 saturated heterocycles. The molecule has 0 spiro atoms. The van der Waals surface area contributed by atoms with Crippen molar-refractivity contribution in [3.05, 3.63) is 33.6 Å². The third kappa shape index (κ3) is 1.66. The van der Waals surface area contributed by atoms with Gasteiger partial charge in [-0.15, -0.1) is 0 Å². The molecule has 0 amide bonds. The van der Waals surface area contributed by atoms with E-state index in [1.54, 1.807) is 14.1 Å². The molecule has 0 bridgehead atoms. The molecule has 0 unspecified atom stereocenters. The minimum Gasteiger partial charge on any atom is -0.372 e. The van der Waals surface area contributed by atoms with Crippen molar-refractivity contribution in [2.75, 3.05) is 19.0 Å². The van der Waals surface area contributed by atoms with E-state index in [0.717, 1.165) is 6.07 Å². The zero-order valence-corrected chi connectivity index (χ0v) is 8.24. The molecule has 0 heterocycles. The summed E-state index contributed by atoms with van der Waals surface area (Å²) in [6, 6.07) is 2.29. The van der Waals surface area contributed by atoms with Crippen LogP contribution < -0.4 is 4.90 Å². The first-order chi connectivity index (χ1) is 6.45. The molecule has 0 N–H and O–H groups in total. The first-order valence-electron chi connectivity index (χ1n) is 4.06. The van der Waals surface area contributed by atoms with Crippen molar-refractivity contribution in [1.82, 2.24) is 0 Å². The lowest BCUT2D eigenvalue weighted by molar-refractivity contribution is -0.384.